The molecule has 1 nitrogen and oxygen atoms in total. The molecule has 1 aliphatic rings. The molecule has 0 amide bonds. The van der Waals surface area contributed by atoms with Gasteiger partial charge >= 0.3 is 0 Å². The van der Waals surface area contributed by atoms with Crippen molar-refractivity contribution in [2.75, 3.05) is 7.11 Å². The molecule has 0 bridgehead atoms. The molecule has 18 heavy (non-hydrogen) atoms. The third-order valence-corrected chi connectivity index (χ3v) is 3.84. The van der Waals surface area contributed by atoms with E-state index in [1.165, 1.54) is 5.56 Å². The summed E-state index contributed by atoms with van der Waals surface area (Å²) < 4.78 is 19.4. The fourth-order valence-corrected chi connectivity index (χ4v) is 2.61. The summed E-state index contributed by atoms with van der Waals surface area (Å²) in [6, 6.07) is 8.04. The zero-order valence-electron chi connectivity index (χ0n) is 11.4. The summed E-state index contributed by atoms with van der Waals surface area (Å²) in [6.45, 7) is 2.14. The molecule has 0 saturated heterocycles. The molecule has 1 aromatic rings. The number of alkyl halides is 1. The number of rotatable bonds is 7. The van der Waals surface area contributed by atoms with Gasteiger partial charge in [0.1, 0.15) is 11.9 Å². The molecule has 0 radical (unpaired) electrons. The normalized spacial score (nSPS) is 18.4. The lowest BCUT2D eigenvalue weighted by atomic mass is 9.88. The Morgan fingerprint density at radius 3 is 2.44 bits per heavy atom. The van der Waals surface area contributed by atoms with Crippen molar-refractivity contribution < 1.29 is 9.13 Å². The number of hydrogen-bond donors (Lipinski definition) is 0. The van der Waals surface area contributed by atoms with Crippen LogP contribution in [0.15, 0.2) is 24.3 Å². The van der Waals surface area contributed by atoms with Crippen LogP contribution < -0.4 is 4.74 Å². The molecule has 1 aliphatic carbocycles. The van der Waals surface area contributed by atoms with E-state index in [2.05, 4.69) is 19.1 Å². The first-order chi connectivity index (χ1) is 8.74. The number of methoxy groups -OCH3 is 1. The summed E-state index contributed by atoms with van der Waals surface area (Å²) in [5, 5.41) is 0. The van der Waals surface area contributed by atoms with Gasteiger partial charge in [-0.05, 0) is 55.2 Å². The topological polar surface area (TPSA) is 9.23 Å². The molecule has 1 unspecified atom stereocenters. The van der Waals surface area contributed by atoms with Gasteiger partial charge in [-0.1, -0.05) is 25.5 Å². The van der Waals surface area contributed by atoms with Crippen LogP contribution in [0.2, 0.25) is 0 Å². The standard InChI is InChI=1S/C16H23FO/c1-3-4-14(16(17)13-7-8-13)11-12-5-9-15(18-2)10-6-12/h5-6,9-10,13-14,16H,3-4,7-8,11H2,1-2H3/t14?,16-/m0/s1. The SMILES string of the molecule is CCCC(Cc1ccc(OC)cc1)[C@@H](F)C1CC1. The molecule has 2 rings (SSSR count). The molecular weight excluding hydrogens is 227 g/mol. The zero-order valence-corrected chi connectivity index (χ0v) is 11.4. The number of ether oxygens (including phenoxy) is 1. The van der Waals surface area contributed by atoms with Crippen LogP contribution in [0.25, 0.3) is 0 Å². The third kappa shape index (κ3) is 3.47. The Morgan fingerprint density at radius 1 is 1.28 bits per heavy atom. The number of benzene rings is 1. The zero-order chi connectivity index (χ0) is 13.0. The maximum absolute atomic E-state index is 14.2. The average Bonchev–Trinajstić information content (AvgIpc) is 3.22. The summed E-state index contributed by atoms with van der Waals surface area (Å²) in [6.07, 6.45) is 4.48. The van der Waals surface area contributed by atoms with E-state index < -0.39 is 6.17 Å². The number of halogens is 1. The second kappa shape index (κ2) is 6.21. The van der Waals surface area contributed by atoms with Crippen LogP contribution in [0.1, 0.15) is 38.2 Å². The van der Waals surface area contributed by atoms with Crippen molar-refractivity contribution in [3.05, 3.63) is 29.8 Å². The van der Waals surface area contributed by atoms with Crippen LogP contribution in [0.4, 0.5) is 4.39 Å². The summed E-state index contributed by atoms with van der Waals surface area (Å²) in [4.78, 5) is 0. The van der Waals surface area contributed by atoms with Crippen molar-refractivity contribution in [2.45, 2.75) is 45.2 Å². The summed E-state index contributed by atoms with van der Waals surface area (Å²) in [7, 11) is 1.67. The van der Waals surface area contributed by atoms with E-state index in [0.717, 1.165) is 37.9 Å². The molecule has 0 spiro atoms. The van der Waals surface area contributed by atoms with Gasteiger partial charge in [0, 0.05) is 0 Å². The Balaban J connectivity index is 1.97. The monoisotopic (exact) mass is 250 g/mol. The molecule has 0 aromatic heterocycles. The number of hydrogen-bond acceptors (Lipinski definition) is 1. The quantitative estimate of drug-likeness (QED) is 0.697. The van der Waals surface area contributed by atoms with E-state index in [1.807, 2.05) is 12.1 Å². The lowest BCUT2D eigenvalue weighted by Crippen LogP contribution is -2.20. The van der Waals surface area contributed by atoms with E-state index in [4.69, 9.17) is 4.74 Å². The largest absolute Gasteiger partial charge is 0.497 e. The van der Waals surface area contributed by atoms with Crippen LogP contribution in [0, 0.1) is 11.8 Å². The van der Waals surface area contributed by atoms with Crippen molar-refractivity contribution in [1.29, 1.82) is 0 Å². The molecule has 2 heteroatoms. The lowest BCUT2D eigenvalue weighted by molar-refractivity contribution is 0.187. The minimum Gasteiger partial charge on any atom is -0.497 e. The molecule has 1 saturated carbocycles. The fraction of sp³-hybridized carbons (Fsp3) is 0.625. The molecular formula is C16H23FO. The van der Waals surface area contributed by atoms with Gasteiger partial charge in [0.25, 0.3) is 0 Å². The molecule has 0 aliphatic heterocycles. The Labute approximate surface area is 109 Å². The van der Waals surface area contributed by atoms with Crippen molar-refractivity contribution >= 4 is 0 Å². The van der Waals surface area contributed by atoms with Gasteiger partial charge in [0.05, 0.1) is 7.11 Å². The average molecular weight is 250 g/mol. The second-order valence-electron chi connectivity index (χ2n) is 5.38. The van der Waals surface area contributed by atoms with E-state index in [-0.39, 0.29) is 5.92 Å². The van der Waals surface area contributed by atoms with E-state index in [1.54, 1.807) is 7.11 Å². The summed E-state index contributed by atoms with van der Waals surface area (Å²) in [5.41, 5.74) is 1.22. The Hall–Kier alpha value is -1.05. The molecule has 1 fully saturated rings. The van der Waals surface area contributed by atoms with Gasteiger partial charge in [-0.2, -0.15) is 0 Å². The van der Waals surface area contributed by atoms with E-state index in [9.17, 15) is 4.39 Å². The first-order valence-corrected chi connectivity index (χ1v) is 7.01. The van der Waals surface area contributed by atoms with Gasteiger partial charge in [-0.25, -0.2) is 4.39 Å². The first kappa shape index (κ1) is 13.4. The molecule has 0 heterocycles. The van der Waals surface area contributed by atoms with Gasteiger partial charge in [-0.15, -0.1) is 0 Å². The Morgan fingerprint density at radius 2 is 1.94 bits per heavy atom. The van der Waals surface area contributed by atoms with Crippen molar-refractivity contribution in [2.24, 2.45) is 11.8 Å². The van der Waals surface area contributed by atoms with Crippen molar-refractivity contribution in [1.82, 2.24) is 0 Å². The van der Waals surface area contributed by atoms with Crippen molar-refractivity contribution in [3.63, 3.8) is 0 Å². The van der Waals surface area contributed by atoms with Crippen LogP contribution >= 0.6 is 0 Å². The summed E-state index contributed by atoms with van der Waals surface area (Å²) in [5.74, 6) is 1.40. The predicted molar refractivity (Wildman–Crippen MR) is 72.7 cm³/mol. The highest BCUT2D eigenvalue weighted by Gasteiger charge is 2.36. The van der Waals surface area contributed by atoms with Crippen LogP contribution in [-0.2, 0) is 6.42 Å². The third-order valence-electron chi connectivity index (χ3n) is 3.84. The molecule has 100 valence electrons. The van der Waals surface area contributed by atoms with E-state index >= 15 is 0 Å². The minimum atomic E-state index is -0.605. The Bertz CT molecular complexity index is 356. The highest BCUT2D eigenvalue weighted by Crippen LogP contribution is 2.40. The second-order valence-corrected chi connectivity index (χ2v) is 5.38. The highest BCUT2D eigenvalue weighted by molar-refractivity contribution is 5.27. The molecule has 1 aromatic carbocycles. The van der Waals surface area contributed by atoms with Gasteiger partial charge in [0.15, 0.2) is 0 Å². The lowest BCUT2D eigenvalue weighted by Gasteiger charge is -2.20. The Kier molecular flexibility index (Phi) is 4.62. The minimum absolute atomic E-state index is 0.191. The van der Waals surface area contributed by atoms with Gasteiger partial charge in [-0.3, -0.25) is 0 Å². The molecule has 0 N–H and O–H groups in total. The smallest absolute Gasteiger partial charge is 0.118 e. The highest BCUT2D eigenvalue weighted by atomic mass is 19.1. The predicted octanol–water partition coefficient (Wildman–Crippen LogP) is 4.40. The maximum atomic E-state index is 14.2. The maximum Gasteiger partial charge on any atom is 0.118 e. The summed E-state index contributed by atoms with van der Waals surface area (Å²) >= 11 is 0. The van der Waals surface area contributed by atoms with Crippen LogP contribution in [-0.4, -0.2) is 13.3 Å². The van der Waals surface area contributed by atoms with Crippen LogP contribution in [0.3, 0.4) is 0 Å². The van der Waals surface area contributed by atoms with Gasteiger partial charge < -0.3 is 4.74 Å². The van der Waals surface area contributed by atoms with Crippen molar-refractivity contribution in [3.8, 4) is 5.75 Å². The van der Waals surface area contributed by atoms with E-state index in [0.29, 0.717) is 5.92 Å². The first-order valence-electron chi connectivity index (χ1n) is 7.01. The fourth-order valence-electron chi connectivity index (χ4n) is 2.61. The molecule has 2 atom stereocenters. The van der Waals surface area contributed by atoms with Gasteiger partial charge in [0.2, 0.25) is 0 Å². The van der Waals surface area contributed by atoms with Crippen LogP contribution in [0.5, 0.6) is 5.75 Å².